The van der Waals surface area contributed by atoms with Gasteiger partial charge in [0.05, 0.1) is 11.1 Å². The summed E-state index contributed by atoms with van der Waals surface area (Å²) in [6, 6.07) is 9.22. The van der Waals surface area contributed by atoms with Crippen LogP contribution < -0.4 is 16.0 Å². The second-order valence-corrected chi connectivity index (χ2v) is 8.41. The number of carbonyl (C=O) groups is 1. The van der Waals surface area contributed by atoms with Crippen LogP contribution in [0.2, 0.25) is 5.02 Å². The van der Waals surface area contributed by atoms with E-state index in [9.17, 15) is 13.6 Å². The molecule has 1 amide bonds. The van der Waals surface area contributed by atoms with Crippen molar-refractivity contribution in [3.05, 3.63) is 75.3 Å². The minimum Gasteiger partial charge on any atom is -0.384 e. The highest BCUT2D eigenvalue weighted by atomic mass is 35.5. The predicted molar refractivity (Wildman–Crippen MR) is 126 cm³/mol. The first-order valence-electron chi connectivity index (χ1n) is 9.67. The summed E-state index contributed by atoms with van der Waals surface area (Å²) in [5.74, 6) is -0.145. The number of benzene rings is 2. The summed E-state index contributed by atoms with van der Waals surface area (Å²) < 4.78 is 28.9. The quantitative estimate of drug-likeness (QED) is 0.321. The molecule has 0 saturated heterocycles. The van der Waals surface area contributed by atoms with Crippen LogP contribution in [0.15, 0.2) is 41.8 Å². The number of hydrogen-bond acceptors (Lipinski definition) is 5. The molecule has 0 fully saturated rings. The lowest BCUT2D eigenvalue weighted by atomic mass is 9.81. The first-order valence-corrected chi connectivity index (χ1v) is 10.9. The zero-order chi connectivity index (χ0) is 23.3. The van der Waals surface area contributed by atoms with Gasteiger partial charge in [0.15, 0.2) is 5.13 Å². The third-order valence-corrected chi connectivity index (χ3v) is 5.93. The van der Waals surface area contributed by atoms with Gasteiger partial charge in [-0.25, -0.2) is 13.8 Å². The monoisotopic (exact) mass is 474 g/mol. The molecule has 0 aliphatic rings. The third kappa shape index (κ3) is 5.07. The van der Waals surface area contributed by atoms with Crippen LogP contribution in [0.3, 0.4) is 0 Å². The van der Waals surface area contributed by atoms with Gasteiger partial charge in [-0.15, -0.1) is 17.8 Å². The Labute approximate surface area is 194 Å². The van der Waals surface area contributed by atoms with Crippen LogP contribution in [0.1, 0.15) is 28.5 Å². The molecule has 2 aromatic carbocycles. The molecule has 0 radical (unpaired) electrons. The van der Waals surface area contributed by atoms with Crippen LogP contribution in [-0.2, 0) is 5.41 Å². The smallest absolute Gasteiger partial charge is 0.263 e. The second-order valence-electron chi connectivity index (χ2n) is 7.11. The minimum atomic E-state index is -0.971. The average Bonchev–Trinajstić information content (AvgIpc) is 3.22. The third-order valence-electron chi connectivity index (χ3n) is 4.92. The molecule has 0 aliphatic carbocycles. The maximum absolute atomic E-state index is 14.5. The maximum atomic E-state index is 14.5. The van der Waals surface area contributed by atoms with Gasteiger partial charge in [-0.3, -0.25) is 10.1 Å². The summed E-state index contributed by atoms with van der Waals surface area (Å²) in [7, 11) is 1.77. The SMILES string of the molecule is C#C[C@](C)(c1ccc(Cl)cc1)c1csc(NC(=O)c2c(F)cc(NCCNC)cc2F)n1. The number of likely N-dealkylation sites (N-methyl/N-ethyl adjacent to an activating group) is 1. The maximum Gasteiger partial charge on any atom is 0.263 e. The molecule has 1 atom stereocenters. The van der Waals surface area contributed by atoms with Crippen LogP contribution in [0.5, 0.6) is 0 Å². The highest BCUT2D eigenvalue weighted by molar-refractivity contribution is 7.14. The Morgan fingerprint density at radius 2 is 1.88 bits per heavy atom. The van der Waals surface area contributed by atoms with Gasteiger partial charge >= 0.3 is 0 Å². The zero-order valence-electron chi connectivity index (χ0n) is 17.4. The molecule has 0 spiro atoms. The standard InChI is InChI=1S/C23H21ClF2N4OS/c1-4-23(2,14-5-7-15(24)8-6-14)19-13-32-22(29-19)30-21(31)20-17(25)11-16(12-18(20)26)28-10-9-27-3/h1,5-8,11-13,27-28H,9-10H2,2-3H3,(H,29,30,31)/t23-/m1/s1. The second kappa shape index (κ2) is 10.1. The fraction of sp³-hybridized carbons (Fsp3) is 0.217. The van der Waals surface area contributed by atoms with E-state index in [0.717, 1.165) is 29.0 Å². The number of aromatic nitrogens is 1. The molecule has 3 N–H and O–H groups in total. The van der Waals surface area contributed by atoms with Crippen molar-refractivity contribution >= 4 is 39.7 Å². The van der Waals surface area contributed by atoms with E-state index < -0.39 is 28.5 Å². The normalized spacial score (nSPS) is 12.6. The Hall–Kier alpha value is -2.99. The van der Waals surface area contributed by atoms with E-state index in [1.165, 1.54) is 0 Å². The van der Waals surface area contributed by atoms with E-state index in [1.54, 1.807) is 36.7 Å². The fourth-order valence-electron chi connectivity index (χ4n) is 3.03. The fourth-order valence-corrected chi connectivity index (χ4v) is 3.97. The van der Waals surface area contributed by atoms with Gasteiger partial charge in [0.25, 0.3) is 5.91 Å². The number of amides is 1. The summed E-state index contributed by atoms with van der Waals surface area (Å²) in [6.45, 7) is 2.91. The van der Waals surface area contributed by atoms with Crippen molar-refractivity contribution in [2.45, 2.75) is 12.3 Å². The van der Waals surface area contributed by atoms with Crippen molar-refractivity contribution in [3.63, 3.8) is 0 Å². The van der Waals surface area contributed by atoms with Crippen molar-refractivity contribution in [3.8, 4) is 12.3 Å². The molecule has 0 aliphatic heterocycles. The van der Waals surface area contributed by atoms with Gasteiger partial charge in [-0.1, -0.05) is 29.7 Å². The summed E-state index contributed by atoms with van der Waals surface area (Å²) in [6.07, 6.45) is 5.79. The number of anilines is 2. The first kappa shape index (κ1) is 23.7. The summed E-state index contributed by atoms with van der Waals surface area (Å²) in [5, 5.41) is 10.7. The highest BCUT2D eigenvalue weighted by Gasteiger charge is 2.30. The van der Waals surface area contributed by atoms with Gasteiger partial charge in [-0.05, 0) is 43.8 Å². The number of nitrogens with one attached hydrogen (secondary N) is 3. The number of thiazole rings is 1. The van der Waals surface area contributed by atoms with E-state index in [-0.39, 0.29) is 10.8 Å². The van der Waals surface area contributed by atoms with Crippen molar-refractivity contribution in [1.82, 2.24) is 10.3 Å². The lowest BCUT2D eigenvalue weighted by Crippen LogP contribution is -2.22. The van der Waals surface area contributed by atoms with E-state index >= 15 is 0 Å². The van der Waals surface area contributed by atoms with Crippen molar-refractivity contribution in [2.75, 3.05) is 30.8 Å². The Balaban J connectivity index is 1.80. The van der Waals surface area contributed by atoms with Crippen LogP contribution >= 0.6 is 22.9 Å². The van der Waals surface area contributed by atoms with Crippen molar-refractivity contribution < 1.29 is 13.6 Å². The van der Waals surface area contributed by atoms with Gasteiger partial charge in [0.1, 0.15) is 17.2 Å². The average molecular weight is 475 g/mol. The summed E-state index contributed by atoms with van der Waals surface area (Å²) in [4.78, 5) is 16.9. The number of halogens is 3. The van der Waals surface area contributed by atoms with Crippen LogP contribution in [0.25, 0.3) is 0 Å². The Kier molecular flexibility index (Phi) is 7.46. The highest BCUT2D eigenvalue weighted by Crippen LogP contribution is 2.34. The summed E-state index contributed by atoms with van der Waals surface area (Å²) in [5.41, 5.74) is 0.00871. The molecule has 3 rings (SSSR count). The Bertz CT molecular complexity index is 1140. The van der Waals surface area contributed by atoms with Crippen LogP contribution in [-0.4, -0.2) is 31.0 Å². The van der Waals surface area contributed by atoms with Gasteiger partial charge in [0, 0.05) is 29.2 Å². The predicted octanol–water partition coefficient (Wildman–Crippen LogP) is 4.90. The molecule has 166 valence electrons. The minimum absolute atomic E-state index is 0.176. The largest absolute Gasteiger partial charge is 0.384 e. The topological polar surface area (TPSA) is 66.1 Å². The van der Waals surface area contributed by atoms with Gasteiger partial charge in [0.2, 0.25) is 0 Å². The molecule has 5 nitrogen and oxygen atoms in total. The Morgan fingerprint density at radius 3 is 2.47 bits per heavy atom. The molecule has 0 bridgehead atoms. The Morgan fingerprint density at radius 1 is 1.22 bits per heavy atom. The zero-order valence-corrected chi connectivity index (χ0v) is 19.0. The van der Waals surface area contributed by atoms with Crippen molar-refractivity contribution in [1.29, 1.82) is 0 Å². The number of carbonyl (C=O) groups excluding carboxylic acids is 1. The van der Waals surface area contributed by atoms with E-state index in [2.05, 4.69) is 26.9 Å². The number of rotatable bonds is 8. The van der Waals surface area contributed by atoms with Gasteiger partial charge < -0.3 is 10.6 Å². The molecule has 0 unspecified atom stereocenters. The molecule has 3 aromatic rings. The molecule has 9 heteroatoms. The first-order chi connectivity index (χ1) is 15.3. The summed E-state index contributed by atoms with van der Waals surface area (Å²) >= 11 is 7.07. The van der Waals surface area contributed by atoms with Crippen LogP contribution in [0, 0.1) is 24.0 Å². The molecular weight excluding hydrogens is 454 g/mol. The van der Waals surface area contributed by atoms with Gasteiger partial charge in [-0.2, -0.15) is 0 Å². The van der Waals surface area contributed by atoms with E-state index in [0.29, 0.717) is 23.8 Å². The molecule has 1 aromatic heterocycles. The molecular formula is C23H21ClF2N4OS. The number of terminal acetylenes is 1. The molecule has 1 heterocycles. The molecule has 32 heavy (non-hydrogen) atoms. The lowest BCUT2D eigenvalue weighted by molar-refractivity contribution is 0.101. The number of nitrogens with zero attached hydrogens (tertiary/aromatic N) is 1. The van der Waals surface area contributed by atoms with E-state index in [1.807, 2.05) is 6.92 Å². The van der Waals surface area contributed by atoms with E-state index in [4.69, 9.17) is 18.0 Å². The van der Waals surface area contributed by atoms with Crippen molar-refractivity contribution in [2.24, 2.45) is 0 Å². The number of hydrogen-bond donors (Lipinski definition) is 3. The van der Waals surface area contributed by atoms with Crippen LogP contribution in [0.4, 0.5) is 19.6 Å². The lowest BCUT2D eigenvalue weighted by Gasteiger charge is -2.22. The molecule has 0 saturated carbocycles.